The molecule has 0 unspecified atom stereocenters. The molecule has 6 heteroatoms. The highest BCUT2D eigenvalue weighted by Crippen LogP contribution is 2.18. The van der Waals surface area contributed by atoms with Crippen molar-refractivity contribution >= 4 is 15.7 Å². The van der Waals surface area contributed by atoms with Gasteiger partial charge in [-0.3, -0.25) is 0 Å². The van der Waals surface area contributed by atoms with Gasteiger partial charge in [0.1, 0.15) is 5.82 Å². The predicted molar refractivity (Wildman–Crippen MR) is 90.2 cm³/mol. The zero-order valence-corrected chi connectivity index (χ0v) is 13.7. The first-order valence-corrected chi connectivity index (χ1v) is 8.53. The Morgan fingerprint density at radius 2 is 1.91 bits per heavy atom. The van der Waals surface area contributed by atoms with Crippen LogP contribution in [0.25, 0.3) is 0 Å². The first-order chi connectivity index (χ1) is 10.9. The van der Waals surface area contributed by atoms with E-state index in [4.69, 9.17) is 0 Å². The molecule has 0 radical (unpaired) electrons. The zero-order valence-electron chi connectivity index (χ0n) is 12.9. The fourth-order valence-corrected chi connectivity index (χ4v) is 3.20. The third-order valence-corrected chi connectivity index (χ3v) is 5.17. The summed E-state index contributed by atoms with van der Waals surface area (Å²) in [6, 6.07) is 12.8. The van der Waals surface area contributed by atoms with E-state index in [-0.39, 0.29) is 17.3 Å². The first kappa shape index (κ1) is 17.2. The second-order valence-corrected chi connectivity index (χ2v) is 7.13. The lowest BCUT2D eigenvalue weighted by Crippen LogP contribution is -2.26. The van der Waals surface area contributed by atoms with Crippen LogP contribution in [0.3, 0.4) is 0 Å². The molecule has 0 aliphatic heterocycles. The van der Waals surface area contributed by atoms with Crippen LogP contribution in [0.4, 0.5) is 10.1 Å². The van der Waals surface area contributed by atoms with Crippen LogP contribution >= 0.6 is 0 Å². The standard InChI is InChI=1S/C17H19FN2O2S/c1-3-11-20(2)23(21,22)17-9-7-16(8-10-17)19-13-14-5-4-6-15(18)12-14/h3-10,12,19H,1,11,13H2,2H3. The van der Waals surface area contributed by atoms with Crippen molar-refractivity contribution in [3.05, 3.63) is 72.6 Å². The van der Waals surface area contributed by atoms with Crippen LogP contribution < -0.4 is 5.32 Å². The maximum Gasteiger partial charge on any atom is 0.243 e. The fraction of sp³-hybridized carbons (Fsp3) is 0.176. The number of anilines is 1. The minimum atomic E-state index is -3.51. The monoisotopic (exact) mass is 334 g/mol. The van der Waals surface area contributed by atoms with Gasteiger partial charge < -0.3 is 5.32 Å². The third kappa shape index (κ3) is 4.40. The Kier molecular flexibility index (Phi) is 5.52. The van der Waals surface area contributed by atoms with Gasteiger partial charge in [0.15, 0.2) is 0 Å². The van der Waals surface area contributed by atoms with E-state index in [9.17, 15) is 12.8 Å². The van der Waals surface area contributed by atoms with Gasteiger partial charge in [0.2, 0.25) is 10.0 Å². The summed E-state index contributed by atoms with van der Waals surface area (Å²) in [6.45, 7) is 4.25. The van der Waals surface area contributed by atoms with Crippen molar-refractivity contribution in [3.63, 3.8) is 0 Å². The van der Waals surface area contributed by atoms with Gasteiger partial charge in [-0.05, 0) is 42.0 Å². The Morgan fingerprint density at radius 1 is 1.22 bits per heavy atom. The molecular formula is C17H19FN2O2S. The number of hydrogen-bond donors (Lipinski definition) is 1. The van der Waals surface area contributed by atoms with Gasteiger partial charge in [-0.25, -0.2) is 12.8 Å². The van der Waals surface area contributed by atoms with E-state index in [2.05, 4.69) is 11.9 Å². The van der Waals surface area contributed by atoms with E-state index in [1.165, 1.54) is 29.6 Å². The molecule has 0 spiro atoms. The van der Waals surface area contributed by atoms with E-state index in [0.29, 0.717) is 6.54 Å². The van der Waals surface area contributed by atoms with Gasteiger partial charge in [-0.1, -0.05) is 18.2 Å². The number of halogens is 1. The molecule has 0 bridgehead atoms. The van der Waals surface area contributed by atoms with Crippen molar-refractivity contribution in [1.82, 2.24) is 4.31 Å². The molecule has 122 valence electrons. The summed E-state index contributed by atoms with van der Waals surface area (Å²) in [5, 5.41) is 3.13. The van der Waals surface area contributed by atoms with E-state index >= 15 is 0 Å². The summed E-state index contributed by atoms with van der Waals surface area (Å²) >= 11 is 0. The summed E-state index contributed by atoms with van der Waals surface area (Å²) in [5.41, 5.74) is 1.58. The van der Waals surface area contributed by atoms with Gasteiger partial charge >= 0.3 is 0 Å². The van der Waals surface area contributed by atoms with Gasteiger partial charge in [-0.2, -0.15) is 4.31 Å². The number of nitrogens with zero attached hydrogens (tertiary/aromatic N) is 1. The average molecular weight is 334 g/mol. The Morgan fingerprint density at radius 3 is 2.52 bits per heavy atom. The summed E-state index contributed by atoms with van der Waals surface area (Å²) in [6.07, 6.45) is 1.53. The summed E-state index contributed by atoms with van der Waals surface area (Å²) in [5.74, 6) is -0.281. The molecule has 0 heterocycles. The fourth-order valence-electron chi connectivity index (χ4n) is 2.06. The van der Waals surface area contributed by atoms with E-state index in [0.717, 1.165) is 11.3 Å². The highest BCUT2D eigenvalue weighted by Gasteiger charge is 2.19. The van der Waals surface area contributed by atoms with Gasteiger partial charge in [0.05, 0.1) is 4.90 Å². The van der Waals surface area contributed by atoms with Crippen molar-refractivity contribution in [1.29, 1.82) is 0 Å². The molecule has 0 atom stereocenters. The minimum Gasteiger partial charge on any atom is -0.381 e. The molecule has 0 aliphatic rings. The second-order valence-electron chi connectivity index (χ2n) is 5.08. The summed E-state index contributed by atoms with van der Waals surface area (Å²) < 4.78 is 38.9. The molecule has 0 amide bonds. The predicted octanol–water partition coefficient (Wildman–Crippen LogP) is 3.24. The van der Waals surface area contributed by atoms with Crippen LogP contribution in [-0.4, -0.2) is 26.3 Å². The molecular weight excluding hydrogens is 315 g/mol. The highest BCUT2D eigenvalue weighted by molar-refractivity contribution is 7.89. The molecule has 4 nitrogen and oxygen atoms in total. The molecule has 2 aromatic carbocycles. The maximum atomic E-state index is 13.1. The van der Waals surface area contributed by atoms with Crippen LogP contribution in [0.15, 0.2) is 66.1 Å². The van der Waals surface area contributed by atoms with Crippen molar-refractivity contribution in [3.8, 4) is 0 Å². The Balaban J connectivity index is 2.06. The Hall–Kier alpha value is -2.18. The smallest absolute Gasteiger partial charge is 0.243 e. The summed E-state index contributed by atoms with van der Waals surface area (Å²) in [4.78, 5) is 0.221. The number of likely N-dealkylation sites (N-methyl/N-ethyl adjacent to an activating group) is 1. The third-order valence-electron chi connectivity index (χ3n) is 3.33. The maximum absolute atomic E-state index is 13.1. The van der Waals surface area contributed by atoms with E-state index < -0.39 is 10.0 Å². The quantitative estimate of drug-likeness (QED) is 0.791. The lowest BCUT2D eigenvalue weighted by molar-refractivity contribution is 0.499. The molecule has 2 rings (SSSR count). The number of benzene rings is 2. The second kappa shape index (κ2) is 7.39. The molecule has 23 heavy (non-hydrogen) atoms. The van der Waals surface area contributed by atoms with Crippen LogP contribution in [0, 0.1) is 5.82 Å². The molecule has 0 aliphatic carbocycles. The summed E-state index contributed by atoms with van der Waals surface area (Å²) in [7, 11) is -2.00. The Bertz CT molecular complexity index is 773. The van der Waals surface area contributed by atoms with Gasteiger partial charge in [-0.15, -0.1) is 6.58 Å². The zero-order chi connectivity index (χ0) is 16.9. The van der Waals surface area contributed by atoms with Crippen molar-refractivity contribution in [2.24, 2.45) is 0 Å². The van der Waals surface area contributed by atoms with Crippen LogP contribution in [0.5, 0.6) is 0 Å². The SMILES string of the molecule is C=CCN(C)S(=O)(=O)c1ccc(NCc2cccc(F)c2)cc1. The van der Waals surface area contributed by atoms with Crippen molar-refractivity contribution in [2.45, 2.75) is 11.4 Å². The van der Waals surface area contributed by atoms with Crippen LogP contribution in [0.1, 0.15) is 5.56 Å². The molecule has 0 aromatic heterocycles. The average Bonchev–Trinajstić information content (AvgIpc) is 2.53. The van der Waals surface area contributed by atoms with Gasteiger partial charge in [0.25, 0.3) is 0 Å². The molecule has 0 saturated heterocycles. The largest absolute Gasteiger partial charge is 0.381 e. The number of nitrogens with one attached hydrogen (secondary N) is 1. The molecule has 0 saturated carbocycles. The van der Waals surface area contributed by atoms with Crippen molar-refractivity contribution in [2.75, 3.05) is 18.9 Å². The molecule has 0 fully saturated rings. The number of sulfonamides is 1. The number of hydrogen-bond acceptors (Lipinski definition) is 3. The lowest BCUT2D eigenvalue weighted by atomic mass is 10.2. The molecule has 2 aromatic rings. The number of rotatable bonds is 7. The van der Waals surface area contributed by atoms with Gasteiger partial charge in [0, 0.05) is 25.8 Å². The first-order valence-electron chi connectivity index (χ1n) is 7.09. The molecule has 1 N–H and O–H groups in total. The van der Waals surface area contributed by atoms with Crippen molar-refractivity contribution < 1.29 is 12.8 Å². The minimum absolute atomic E-state index is 0.221. The van der Waals surface area contributed by atoms with E-state index in [1.807, 2.05) is 6.07 Å². The topological polar surface area (TPSA) is 49.4 Å². The van der Waals surface area contributed by atoms with Crippen LogP contribution in [0.2, 0.25) is 0 Å². The highest BCUT2D eigenvalue weighted by atomic mass is 32.2. The normalized spacial score (nSPS) is 11.4. The van der Waals surface area contributed by atoms with E-state index in [1.54, 1.807) is 30.3 Å². The lowest BCUT2D eigenvalue weighted by Gasteiger charge is -2.15. The Labute approximate surface area is 136 Å². The van der Waals surface area contributed by atoms with Crippen LogP contribution in [-0.2, 0) is 16.6 Å².